The second kappa shape index (κ2) is 7.20. The van der Waals surface area contributed by atoms with Crippen molar-refractivity contribution in [3.05, 3.63) is 10.4 Å². The first kappa shape index (κ1) is 14.8. The normalized spacial score (nSPS) is 26.0. The standard InChI is InChI=1S/C11H20N4O3/c1-3-17-9-7-11(8-9,10(16)18-4-2)13-5-6-14-15-12/h9,13H,3-8H2,1-2H3. The van der Waals surface area contributed by atoms with E-state index in [1.807, 2.05) is 6.92 Å². The van der Waals surface area contributed by atoms with Crippen LogP contribution in [-0.2, 0) is 14.3 Å². The van der Waals surface area contributed by atoms with Crippen LogP contribution < -0.4 is 5.32 Å². The summed E-state index contributed by atoms with van der Waals surface area (Å²) in [6.45, 7) is 5.49. The van der Waals surface area contributed by atoms with Crippen LogP contribution in [0, 0.1) is 0 Å². The maximum absolute atomic E-state index is 11.9. The highest BCUT2D eigenvalue weighted by Gasteiger charge is 2.51. The molecule has 0 aliphatic heterocycles. The summed E-state index contributed by atoms with van der Waals surface area (Å²) in [6.07, 6.45) is 1.32. The number of esters is 1. The highest BCUT2D eigenvalue weighted by Crippen LogP contribution is 2.35. The predicted octanol–water partition coefficient (Wildman–Crippen LogP) is 1.39. The Balaban J connectivity index is 2.49. The van der Waals surface area contributed by atoms with Crippen molar-refractivity contribution in [2.45, 2.75) is 38.3 Å². The Labute approximate surface area is 106 Å². The van der Waals surface area contributed by atoms with Crippen LogP contribution in [0.15, 0.2) is 5.11 Å². The maximum atomic E-state index is 11.9. The number of nitrogens with one attached hydrogen (secondary N) is 1. The summed E-state index contributed by atoms with van der Waals surface area (Å²) in [5.74, 6) is -0.248. The molecule has 0 radical (unpaired) electrons. The molecule has 1 aliphatic carbocycles. The Morgan fingerprint density at radius 1 is 1.50 bits per heavy atom. The molecule has 0 spiro atoms. The second-order valence-corrected chi connectivity index (χ2v) is 4.17. The fraction of sp³-hybridized carbons (Fsp3) is 0.909. The summed E-state index contributed by atoms with van der Waals surface area (Å²) in [6, 6.07) is 0. The Bertz CT molecular complexity index is 322. The number of hydrogen-bond donors (Lipinski definition) is 1. The molecular formula is C11H20N4O3. The van der Waals surface area contributed by atoms with Crippen LogP contribution in [-0.4, -0.2) is 43.9 Å². The zero-order valence-corrected chi connectivity index (χ0v) is 10.9. The topological polar surface area (TPSA) is 96.3 Å². The lowest BCUT2D eigenvalue weighted by Crippen LogP contribution is -2.64. The minimum atomic E-state index is -0.666. The third kappa shape index (κ3) is 3.60. The number of ether oxygens (including phenoxy) is 2. The van der Waals surface area contributed by atoms with E-state index >= 15 is 0 Å². The van der Waals surface area contributed by atoms with Crippen molar-refractivity contribution in [1.82, 2.24) is 5.32 Å². The van der Waals surface area contributed by atoms with E-state index < -0.39 is 5.54 Å². The van der Waals surface area contributed by atoms with E-state index in [1.165, 1.54) is 0 Å². The van der Waals surface area contributed by atoms with Gasteiger partial charge < -0.3 is 14.8 Å². The molecule has 0 atom stereocenters. The van der Waals surface area contributed by atoms with Crippen LogP contribution in [0.3, 0.4) is 0 Å². The first-order valence-electron chi connectivity index (χ1n) is 6.23. The molecule has 1 aliphatic rings. The van der Waals surface area contributed by atoms with Crippen molar-refractivity contribution >= 4 is 5.97 Å². The first-order valence-corrected chi connectivity index (χ1v) is 6.23. The quantitative estimate of drug-likeness (QED) is 0.233. The Kier molecular flexibility index (Phi) is 5.91. The molecule has 0 aromatic carbocycles. The van der Waals surface area contributed by atoms with Crippen molar-refractivity contribution < 1.29 is 14.3 Å². The van der Waals surface area contributed by atoms with E-state index in [1.54, 1.807) is 6.92 Å². The number of hydrogen-bond acceptors (Lipinski definition) is 5. The smallest absolute Gasteiger partial charge is 0.326 e. The molecular weight excluding hydrogens is 236 g/mol. The van der Waals surface area contributed by atoms with Crippen molar-refractivity contribution in [3.8, 4) is 0 Å². The van der Waals surface area contributed by atoms with Gasteiger partial charge in [-0.15, -0.1) is 0 Å². The molecule has 0 aromatic rings. The SMILES string of the molecule is CCOC(=O)C1(NCCN=[N+]=[N-])CC(OCC)C1. The molecule has 0 heterocycles. The van der Waals surface area contributed by atoms with Crippen LogP contribution >= 0.6 is 0 Å². The average molecular weight is 256 g/mol. The zero-order valence-electron chi connectivity index (χ0n) is 10.9. The van der Waals surface area contributed by atoms with Gasteiger partial charge in [-0.3, -0.25) is 4.79 Å². The number of carbonyl (C=O) groups is 1. The summed E-state index contributed by atoms with van der Waals surface area (Å²) >= 11 is 0. The largest absolute Gasteiger partial charge is 0.465 e. The summed E-state index contributed by atoms with van der Waals surface area (Å²) < 4.78 is 10.5. The van der Waals surface area contributed by atoms with Crippen molar-refractivity contribution in [3.63, 3.8) is 0 Å². The van der Waals surface area contributed by atoms with Crippen molar-refractivity contribution in [2.24, 2.45) is 5.11 Å². The lowest BCUT2D eigenvalue weighted by molar-refractivity contribution is -0.163. The highest BCUT2D eigenvalue weighted by atomic mass is 16.5. The summed E-state index contributed by atoms with van der Waals surface area (Å²) in [5.41, 5.74) is 7.53. The second-order valence-electron chi connectivity index (χ2n) is 4.17. The molecule has 7 heteroatoms. The van der Waals surface area contributed by atoms with Crippen LogP contribution in [0.2, 0.25) is 0 Å². The first-order chi connectivity index (χ1) is 8.68. The van der Waals surface area contributed by atoms with E-state index in [0.717, 1.165) is 0 Å². The Hall–Kier alpha value is -1.30. The third-order valence-electron chi connectivity index (χ3n) is 2.96. The van der Waals surface area contributed by atoms with Gasteiger partial charge in [0.2, 0.25) is 0 Å². The van der Waals surface area contributed by atoms with Gasteiger partial charge in [0.05, 0.1) is 12.7 Å². The number of carbonyl (C=O) groups excluding carboxylic acids is 1. The molecule has 1 saturated carbocycles. The van der Waals surface area contributed by atoms with Crippen LogP contribution in [0.25, 0.3) is 10.4 Å². The molecule has 1 N–H and O–H groups in total. The lowest BCUT2D eigenvalue weighted by atomic mass is 9.74. The maximum Gasteiger partial charge on any atom is 0.326 e. The predicted molar refractivity (Wildman–Crippen MR) is 66.0 cm³/mol. The molecule has 102 valence electrons. The fourth-order valence-electron chi connectivity index (χ4n) is 2.11. The van der Waals surface area contributed by atoms with Gasteiger partial charge >= 0.3 is 5.97 Å². The van der Waals surface area contributed by atoms with Crippen LogP contribution in [0.1, 0.15) is 26.7 Å². The summed E-state index contributed by atoms with van der Waals surface area (Å²) in [7, 11) is 0. The van der Waals surface area contributed by atoms with E-state index in [-0.39, 0.29) is 12.1 Å². The van der Waals surface area contributed by atoms with E-state index in [4.69, 9.17) is 15.0 Å². The molecule has 18 heavy (non-hydrogen) atoms. The molecule has 0 amide bonds. The van der Waals surface area contributed by atoms with Gasteiger partial charge in [-0.25, -0.2) is 0 Å². The fourth-order valence-corrected chi connectivity index (χ4v) is 2.11. The Morgan fingerprint density at radius 2 is 2.22 bits per heavy atom. The number of rotatable bonds is 8. The monoisotopic (exact) mass is 256 g/mol. The van der Waals surface area contributed by atoms with E-state index in [0.29, 0.717) is 39.1 Å². The van der Waals surface area contributed by atoms with Crippen molar-refractivity contribution in [1.29, 1.82) is 0 Å². The lowest BCUT2D eigenvalue weighted by Gasteiger charge is -2.45. The van der Waals surface area contributed by atoms with Crippen LogP contribution in [0.4, 0.5) is 0 Å². The van der Waals surface area contributed by atoms with Gasteiger partial charge in [0.15, 0.2) is 0 Å². The Morgan fingerprint density at radius 3 is 2.78 bits per heavy atom. The average Bonchev–Trinajstić information content (AvgIpc) is 2.31. The molecule has 1 fully saturated rings. The minimum absolute atomic E-state index is 0.103. The van der Waals surface area contributed by atoms with Crippen molar-refractivity contribution in [2.75, 3.05) is 26.3 Å². The van der Waals surface area contributed by atoms with E-state index in [9.17, 15) is 4.79 Å². The summed E-state index contributed by atoms with van der Waals surface area (Å²) in [4.78, 5) is 14.6. The molecule has 0 bridgehead atoms. The van der Waals surface area contributed by atoms with Gasteiger partial charge in [0.25, 0.3) is 0 Å². The van der Waals surface area contributed by atoms with Gasteiger partial charge in [-0.2, -0.15) is 0 Å². The zero-order chi connectivity index (χ0) is 13.4. The third-order valence-corrected chi connectivity index (χ3v) is 2.96. The van der Waals surface area contributed by atoms with Crippen LogP contribution in [0.5, 0.6) is 0 Å². The number of azide groups is 1. The van der Waals surface area contributed by atoms with Gasteiger partial charge in [0, 0.05) is 37.4 Å². The van der Waals surface area contributed by atoms with E-state index in [2.05, 4.69) is 15.3 Å². The highest BCUT2D eigenvalue weighted by molar-refractivity contribution is 5.82. The van der Waals surface area contributed by atoms with Gasteiger partial charge in [-0.05, 0) is 19.4 Å². The molecule has 7 nitrogen and oxygen atoms in total. The number of nitrogens with zero attached hydrogens (tertiary/aromatic N) is 3. The molecule has 0 unspecified atom stereocenters. The minimum Gasteiger partial charge on any atom is -0.465 e. The molecule has 0 saturated heterocycles. The molecule has 1 rings (SSSR count). The van der Waals surface area contributed by atoms with Gasteiger partial charge in [-0.1, -0.05) is 5.11 Å². The molecule has 0 aromatic heterocycles. The van der Waals surface area contributed by atoms with Gasteiger partial charge in [0.1, 0.15) is 5.54 Å². The summed E-state index contributed by atoms with van der Waals surface area (Å²) in [5, 5.41) is 6.55.